The number of nitrogens with zero attached hydrogens (tertiary/aromatic N) is 3. The van der Waals surface area contributed by atoms with Gasteiger partial charge in [-0.25, -0.2) is 9.97 Å². The number of aromatic nitrogens is 3. The monoisotopic (exact) mass is 498 g/mol. The SMILES string of the molecule is Cc1ccc(C(=O)Cc2cccc(C(F)(F)F)c2)cc1Nc1nc(-c2cccnc2)nc2ccccc12. The van der Waals surface area contributed by atoms with Crippen LogP contribution in [-0.4, -0.2) is 20.7 Å². The molecular formula is C29H21F3N4O. The molecule has 0 saturated carbocycles. The first-order valence-corrected chi connectivity index (χ1v) is 11.5. The van der Waals surface area contributed by atoms with Crippen molar-refractivity contribution in [2.24, 2.45) is 0 Å². The zero-order valence-corrected chi connectivity index (χ0v) is 19.8. The van der Waals surface area contributed by atoms with E-state index in [0.29, 0.717) is 28.5 Å². The number of nitrogens with one attached hydrogen (secondary N) is 1. The molecule has 0 amide bonds. The highest BCUT2D eigenvalue weighted by Gasteiger charge is 2.30. The van der Waals surface area contributed by atoms with Crippen LogP contribution in [0.5, 0.6) is 0 Å². The van der Waals surface area contributed by atoms with Crippen molar-refractivity contribution in [2.75, 3.05) is 5.32 Å². The number of halogens is 3. The molecule has 184 valence electrons. The molecule has 0 spiro atoms. The Bertz CT molecular complexity index is 1600. The minimum absolute atomic E-state index is 0.145. The number of benzene rings is 3. The molecule has 5 aromatic rings. The van der Waals surface area contributed by atoms with Crippen LogP contribution in [0.3, 0.4) is 0 Å². The van der Waals surface area contributed by atoms with E-state index < -0.39 is 11.7 Å². The van der Waals surface area contributed by atoms with E-state index in [4.69, 9.17) is 4.98 Å². The van der Waals surface area contributed by atoms with Gasteiger partial charge in [0.1, 0.15) is 5.82 Å². The Morgan fingerprint density at radius 3 is 2.54 bits per heavy atom. The zero-order valence-electron chi connectivity index (χ0n) is 19.8. The van der Waals surface area contributed by atoms with Gasteiger partial charge in [0.2, 0.25) is 0 Å². The predicted molar refractivity (Wildman–Crippen MR) is 137 cm³/mol. The number of pyridine rings is 1. The average molecular weight is 499 g/mol. The van der Waals surface area contributed by atoms with E-state index in [0.717, 1.165) is 34.2 Å². The van der Waals surface area contributed by atoms with Crippen LogP contribution < -0.4 is 5.32 Å². The van der Waals surface area contributed by atoms with Crippen molar-refractivity contribution >= 4 is 28.2 Å². The molecule has 5 nitrogen and oxygen atoms in total. The van der Waals surface area contributed by atoms with E-state index in [1.54, 1.807) is 30.6 Å². The summed E-state index contributed by atoms with van der Waals surface area (Å²) in [5.74, 6) is 0.782. The molecule has 2 aromatic heterocycles. The molecule has 0 unspecified atom stereocenters. The van der Waals surface area contributed by atoms with Crippen LogP contribution in [0, 0.1) is 6.92 Å². The maximum Gasteiger partial charge on any atom is 0.416 e. The fraction of sp³-hybridized carbons (Fsp3) is 0.103. The van der Waals surface area contributed by atoms with Gasteiger partial charge in [0.05, 0.1) is 11.1 Å². The van der Waals surface area contributed by atoms with E-state index >= 15 is 0 Å². The molecule has 0 bridgehead atoms. The van der Waals surface area contributed by atoms with Crippen molar-refractivity contribution < 1.29 is 18.0 Å². The zero-order chi connectivity index (χ0) is 26.0. The van der Waals surface area contributed by atoms with Crippen molar-refractivity contribution in [3.63, 3.8) is 0 Å². The summed E-state index contributed by atoms with van der Waals surface area (Å²) in [6, 6.07) is 21.3. The third-order valence-corrected chi connectivity index (χ3v) is 5.95. The van der Waals surface area contributed by atoms with E-state index in [2.05, 4.69) is 15.3 Å². The number of carbonyl (C=O) groups is 1. The standard InChI is InChI=1S/C29H21F3N4O/c1-18-11-12-20(26(37)15-19-6-4-8-22(14-19)29(30,31)32)16-25(18)35-28-23-9-2-3-10-24(23)34-27(36-28)21-7-5-13-33-17-21/h2-14,16-17H,15H2,1H3,(H,34,35,36). The smallest absolute Gasteiger partial charge is 0.339 e. The molecule has 0 aliphatic heterocycles. The summed E-state index contributed by atoms with van der Waals surface area (Å²) in [4.78, 5) is 26.5. The number of fused-ring (bicyclic) bond motifs is 1. The van der Waals surface area contributed by atoms with Gasteiger partial charge in [-0.3, -0.25) is 9.78 Å². The highest BCUT2D eigenvalue weighted by atomic mass is 19.4. The number of rotatable bonds is 6. The van der Waals surface area contributed by atoms with Crippen LogP contribution in [0.4, 0.5) is 24.7 Å². The van der Waals surface area contributed by atoms with Gasteiger partial charge in [0.25, 0.3) is 0 Å². The first-order chi connectivity index (χ1) is 17.8. The van der Waals surface area contributed by atoms with E-state index in [-0.39, 0.29) is 12.2 Å². The molecule has 8 heteroatoms. The van der Waals surface area contributed by atoms with Gasteiger partial charge in [-0.2, -0.15) is 13.2 Å². The van der Waals surface area contributed by atoms with Crippen LogP contribution in [0.25, 0.3) is 22.3 Å². The van der Waals surface area contributed by atoms with Gasteiger partial charge < -0.3 is 5.32 Å². The summed E-state index contributed by atoms with van der Waals surface area (Å²) < 4.78 is 39.2. The molecule has 0 atom stereocenters. The number of carbonyl (C=O) groups excluding carboxylic acids is 1. The summed E-state index contributed by atoms with van der Waals surface area (Å²) in [6.45, 7) is 1.90. The number of ketones is 1. The topological polar surface area (TPSA) is 67.8 Å². The fourth-order valence-electron chi connectivity index (χ4n) is 4.00. The summed E-state index contributed by atoms with van der Waals surface area (Å²) in [5, 5.41) is 4.14. The minimum atomic E-state index is -4.46. The molecule has 0 radical (unpaired) electrons. The lowest BCUT2D eigenvalue weighted by atomic mass is 9.99. The lowest BCUT2D eigenvalue weighted by Crippen LogP contribution is -2.08. The van der Waals surface area contributed by atoms with Crippen LogP contribution in [0.1, 0.15) is 27.0 Å². The summed E-state index contributed by atoms with van der Waals surface area (Å²) in [5.41, 5.74) is 2.96. The van der Waals surface area contributed by atoms with Crippen LogP contribution in [-0.2, 0) is 12.6 Å². The number of hydrogen-bond donors (Lipinski definition) is 1. The van der Waals surface area contributed by atoms with Gasteiger partial charge >= 0.3 is 6.18 Å². The predicted octanol–water partition coefficient (Wildman–Crippen LogP) is 7.19. The quantitative estimate of drug-likeness (QED) is 0.251. The second-order valence-corrected chi connectivity index (χ2v) is 8.61. The summed E-state index contributed by atoms with van der Waals surface area (Å²) in [6.07, 6.45) is -1.25. The second kappa shape index (κ2) is 9.81. The summed E-state index contributed by atoms with van der Waals surface area (Å²) >= 11 is 0. The molecule has 2 heterocycles. The maximum absolute atomic E-state index is 13.1. The number of anilines is 2. The molecule has 5 rings (SSSR count). The van der Waals surface area contributed by atoms with Crippen molar-refractivity contribution in [1.82, 2.24) is 15.0 Å². The molecule has 0 fully saturated rings. The number of Topliss-reactive ketones (excluding diaryl/α,β-unsaturated/α-hetero) is 1. The first kappa shape index (κ1) is 24.1. The Hall–Kier alpha value is -4.59. The van der Waals surface area contributed by atoms with Crippen LogP contribution in [0.2, 0.25) is 0 Å². The van der Waals surface area contributed by atoms with Crippen molar-refractivity contribution in [3.8, 4) is 11.4 Å². The number of alkyl halides is 3. The normalized spacial score (nSPS) is 11.5. The molecule has 1 N–H and O–H groups in total. The van der Waals surface area contributed by atoms with Gasteiger partial charge in [0.15, 0.2) is 11.6 Å². The Labute approximate surface area is 211 Å². The largest absolute Gasteiger partial charge is 0.416 e. The molecule has 0 saturated heterocycles. The van der Waals surface area contributed by atoms with Crippen molar-refractivity contribution in [3.05, 3.63) is 114 Å². The van der Waals surface area contributed by atoms with Crippen molar-refractivity contribution in [2.45, 2.75) is 19.5 Å². The fourth-order valence-corrected chi connectivity index (χ4v) is 4.00. The number of hydrogen-bond acceptors (Lipinski definition) is 5. The number of para-hydroxylation sites is 1. The highest BCUT2D eigenvalue weighted by molar-refractivity contribution is 5.99. The van der Waals surface area contributed by atoms with E-state index in [9.17, 15) is 18.0 Å². The average Bonchev–Trinajstić information content (AvgIpc) is 2.90. The Morgan fingerprint density at radius 1 is 0.919 bits per heavy atom. The maximum atomic E-state index is 13.1. The van der Waals surface area contributed by atoms with Crippen molar-refractivity contribution in [1.29, 1.82) is 0 Å². The van der Waals surface area contributed by atoms with E-state index in [1.807, 2.05) is 43.3 Å². The molecular weight excluding hydrogens is 477 g/mol. The minimum Gasteiger partial charge on any atom is -0.339 e. The Morgan fingerprint density at radius 2 is 1.76 bits per heavy atom. The Balaban J connectivity index is 1.47. The third-order valence-electron chi connectivity index (χ3n) is 5.95. The molecule has 0 aliphatic rings. The van der Waals surface area contributed by atoms with Gasteiger partial charge in [-0.05, 0) is 54.4 Å². The molecule has 0 aliphatic carbocycles. The number of aryl methyl sites for hydroxylation is 1. The van der Waals surface area contributed by atoms with Crippen LogP contribution in [0.15, 0.2) is 91.3 Å². The van der Waals surface area contributed by atoms with Gasteiger partial charge in [-0.15, -0.1) is 0 Å². The third kappa shape index (κ3) is 5.33. The Kier molecular flexibility index (Phi) is 6.40. The first-order valence-electron chi connectivity index (χ1n) is 11.5. The second-order valence-electron chi connectivity index (χ2n) is 8.61. The lowest BCUT2D eigenvalue weighted by Gasteiger charge is -2.14. The van der Waals surface area contributed by atoms with E-state index in [1.165, 1.54) is 12.1 Å². The van der Waals surface area contributed by atoms with Gasteiger partial charge in [0, 0.05) is 41.0 Å². The summed E-state index contributed by atoms with van der Waals surface area (Å²) in [7, 11) is 0. The lowest BCUT2D eigenvalue weighted by molar-refractivity contribution is -0.137. The van der Waals surface area contributed by atoms with Crippen LogP contribution >= 0.6 is 0 Å². The molecule has 3 aromatic carbocycles. The molecule has 37 heavy (non-hydrogen) atoms. The van der Waals surface area contributed by atoms with Gasteiger partial charge in [-0.1, -0.05) is 42.5 Å². The highest BCUT2D eigenvalue weighted by Crippen LogP contribution is 2.31.